The molecule has 0 saturated heterocycles. The van der Waals surface area contributed by atoms with E-state index in [0.717, 1.165) is 28.9 Å². The number of nitrogen functional groups attached to an aromatic ring is 1. The van der Waals surface area contributed by atoms with Crippen molar-refractivity contribution in [2.45, 2.75) is 32.7 Å². The molecule has 4 N–H and O–H groups in total. The summed E-state index contributed by atoms with van der Waals surface area (Å²) in [7, 11) is 0. The highest BCUT2D eigenvalue weighted by molar-refractivity contribution is 5.89. The van der Waals surface area contributed by atoms with Crippen LogP contribution in [0.1, 0.15) is 28.7 Å². The molecule has 2 aromatic rings. The van der Waals surface area contributed by atoms with E-state index in [1.54, 1.807) is 12.1 Å². The molecule has 0 fully saturated rings. The van der Waals surface area contributed by atoms with Crippen molar-refractivity contribution in [3.63, 3.8) is 0 Å². The van der Waals surface area contributed by atoms with Gasteiger partial charge in [0.2, 0.25) is 0 Å². The summed E-state index contributed by atoms with van der Waals surface area (Å²) < 4.78 is 0. The fourth-order valence-corrected chi connectivity index (χ4v) is 2.85. The number of amides is 2. The van der Waals surface area contributed by atoms with Crippen molar-refractivity contribution in [3.05, 3.63) is 58.7 Å². The van der Waals surface area contributed by atoms with Crippen LogP contribution in [0.3, 0.4) is 0 Å². The highest BCUT2D eigenvalue weighted by atomic mass is 16.2. The Morgan fingerprint density at radius 3 is 2.77 bits per heavy atom. The number of nitrogens with two attached hydrogens (primary N) is 1. The van der Waals surface area contributed by atoms with Crippen LogP contribution in [0.5, 0.6) is 0 Å². The third-order valence-electron chi connectivity index (χ3n) is 4.14. The zero-order chi connectivity index (χ0) is 15.5. The number of benzene rings is 2. The van der Waals surface area contributed by atoms with Gasteiger partial charge in [0, 0.05) is 17.9 Å². The van der Waals surface area contributed by atoms with E-state index in [1.165, 1.54) is 24.0 Å². The first-order valence-corrected chi connectivity index (χ1v) is 7.63. The van der Waals surface area contributed by atoms with Gasteiger partial charge in [-0.05, 0) is 66.6 Å². The summed E-state index contributed by atoms with van der Waals surface area (Å²) >= 11 is 0. The third-order valence-corrected chi connectivity index (χ3v) is 4.14. The molecule has 2 aromatic carbocycles. The van der Waals surface area contributed by atoms with Gasteiger partial charge in [-0.2, -0.15) is 0 Å². The van der Waals surface area contributed by atoms with Gasteiger partial charge in [-0.25, -0.2) is 4.79 Å². The molecule has 0 atom stereocenters. The minimum atomic E-state index is -0.204. The monoisotopic (exact) mass is 295 g/mol. The zero-order valence-electron chi connectivity index (χ0n) is 12.8. The van der Waals surface area contributed by atoms with Gasteiger partial charge in [0.25, 0.3) is 0 Å². The summed E-state index contributed by atoms with van der Waals surface area (Å²) in [6.07, 6.45) is 3.57. The molecular weight excluding hydrogens is 274 g/mol. The normalized spacial score (nSPS) is 12.8. The van der Waals surface area contributed by atoms with Crippen molar-refractivity contribution in [2.75, 3.05) is 11.1 Å². The first kappa shape index (κ1) is 14.4. The van der Waals surface area contributed by atoms with Gasteiger partial charge in [-0.15, -0.1) is 0 Å². The van der Waals surface area contributed by atoms with E-state index < -0.39 is 0 Å². The van der Waals surface area contributed by atoms with Gasteiger partial charge in [-0.3, -0.25) is 0 Å². The van der Waals surface area contributed by atoms with Crippen LogP contribution in [0.4, 0.5) is 16.2 Å². The van der Waals surface area contributed by atoms with Crippen LogP contribution in [-0.4, -0.2) is 6.03 Å². The van der Waals surface area contributed by atoms with E-state index in [9.17, 15) is 4.79 Å². The average Bonchev–Trinajstić information content (AvgIpc) is 2.96. The van der Waals surface area contributed by atoms with Crippen molar-refractivity contribution in [1.82, 2.24) is 5.32 Å². The number of urea groups is 1. The fourth-order valence-electron chi connectivity index (χ4n) is 2.85. The molecule has 0 spiro atoms. The third kappa shape index (κ3) is 3.22. The van der Waals surface area contributed by atoms with E-state index >= 15 is 0 Å². The van der Waals surface area contributed by atoms with Crippen molar-refractivity contribution < 1.29 is 4.79 Å². The molecule has 0 unspecified atom stereocenters. The lowest BCUT2D eigenvalue weighted by Gasteiger charge is -2.10. The molecule has 114 valence electrons. The van der Waals surface area contributed by atoms with Crippen molar-refractivity contribution in [2.24, 2.45) is 0 Å². The summed E-state index contributed by atoms with van der Waals surface area (Å²) in [6.45, 7) is 2.45. The highest BCUT2D eigenvalue weighted by Crippen LogP contribution is 2.22. The Morgan fingerprint density at radius 1 is 1.14 bits per heavy atom. The predicted octanol–water partition coefficient (Wildman–Crippen LogP) is 3.39. The summed E-state index contributed by atoms with van der Waals surface area (Å²) in [5.41, 5.74) is 12.2. The van der Waals surface area contributed by atoms with E-state index in [1.807, 2.05) is 13.0 Å². The second kappa shape index (κ2) is 6.10. The van der Waals surface area contributed by atoms with Crippen molar-refractivity contribution >= 4 is 17.4 Å². The molecule has 22 heavy (non-hydrogen) atoms. The highest BCUT2D eigenvalue weighted by Gasteiger charge is 2.11. The van der Waals surface area contributed by atoms with Crippen molar-refractivity contribution in [1.29, 1.82) is 0 Å². The second-order valence-electron chi connectivity index (χ2n) is 5.84. The minimum absolute atomic E-state index is 0.204. The molecule has 2 amide bonds. The first-order valence-electron chi connectivity index (χ1n) is 7.63. The number of aryl methyl sites for hydroxylation is 3. The molecule has 0 aromatic heterocycles. The molecule has 0 heterocycles. The Labute approximate surface area is 130 Å². The van der Waals surface area contributed by atoms with Crippen LogP contribution in [-0.2, 0) is 19.4 Å². The molecule has 1 aliphatic carbocycles. The number of fused-ring (bicyclic) bond motifs is 1. The largest absolute Gasteiger partial charge is 0.399 e. The molecule has 4 heteroatoms. The second-order valence-corrected chi connectivity index (χ2v) is 5.84. The van der Waals surface area contributed by atoms with Gasteiger partial charge in [0.05, 0.1) is 0 Å². The van der Waals surface area contributed by atoms with Crippen LogP contribution in [0, 0.1) is 6.92 Å². The number of hydrogen-bond acceptors (Lipinski definition) is 2. The van der Waals surface area contributed by atoms with E-state index in [0.29, 0.717) is 6.54 Å². The molecule has 0 bridgehead atoms. The molecule has 0 radical (unpaired) electrons. The van der Waals surface area contributed by atoms with Gasteiger partial charge in [-0.1, -0.05) is 18.2 Å². The Bertz CT molecular complexity index is 709. The fraction of sp³-hybridized carbons (Fsp3) is 0.278. The number of rotatable bonds is 3. The van der Waals surface area contributed by atoms with Crippen LogP contribution >= 0.6 is 0 Å². The molecule has 1 aliphatic rings. The molecule has 0 aliphatic heterocycles. The number of hydrogen-bond donors (Lipinski definition) is 3. The quantitative estimate of drug-likeness (QED) is 0.760. The summed E-state index contributed by atoms with van der Waals surface area (Å²) in [4.78, 5) is 12.0. The lowest BCUT2D eigenvalue weighted by molar-refractivity contribution is 0.251. The predicted molar refractivity (Wildman–Crippen MR) is 89.9 cm³/mol. The number of carbonyl (C=O) groups excluding carboxylic acids is 1. The molecular formula is C18H21N3O. The van der Waals surface area contributed by atoms with Gasteiger partial charge < -0.3 is 16.4 Å². The number of nitrogens with one attached hydrogen (secondary N) is 2. The molecule has 4 nitrogen and oxygen atoms in total. The maximum absolute atomic E-state index is 12.0. The van der Waals surface area contributed by atoms with E-state index in [4.69, 9.17) is 5.73 Å². The smallest absolute Gasteiger partial charge is 0.319 e. The molecule has 3 rings (SSSR count). The lowest BCUT2D eigenvalue weighted by Crippen LogP contribution is -2.28. The number of anilines is 2. The average molecular weight is 295 g/mol. The maximum atomic E-state index is 12.0. The summed E-state index contributed by atoms with van der Waals surface area (Å²) in [5.74, 6) is 0. The van der Waals surface area contributed by atoms with Gasteiger partial charge >= 0.3 is 6.03 Å². The lowest BCUT2D eigenvalue weighted by atomic mass is 10.1. The van der Waals surface area contributed by atoms with Gasteiger partial charge in [0.15, 0.2) is 0 Å². The Hall–Kier alpha value is -2.49. The summed E-state index contributed by atoms with van der Waals surface area (Å²) in [5, 5.41) is 5.72. The van der Waals surface area contributed by atoms with E-state index in [-0.39, 0.29) is 6.03 Å². The Morgan fingerprint density at radius 2 is 1.95 bits per heavy atom. The minimum Gasteiger partial charge on any atom is -0.399 e. The van der Waals surface area contributed by atoms with Crippen LogP contribution in [0.15, 0.2) is 36.4 Å². The Balaban J connectivity index is 1.57. The standard InChI is InChI=1S/C18H21N3O/c1-12-9-16(7-8-17(12)19)21-18(22)20-11-13-5-6-14-3-2-4-15(14)10-13/h5-10H,2-4,11,19H2,1H3,(H2,20,21,22). The van der Waals surface area contributed by atoms with Crippen LogP contribution in [0.25, 0.3) is 0 Å². The van der Waals surface area contributed by atoms with Crippen LogP contribution < -0.4 is 16.4 Å². The SMILES string of the molecule is Cc1cc(NC(=O)NCc2ccc3c(c2)CCC3)ccc1N. The number of carbonyl (C=O) groups is 1. The molecule has 0 saturated carbocycles. The summed E-state index contributed by atoms with van der Waals surface area (Å²) in [6, 6.07) is 11.7. The van der Waals surface area contributed by atoms with Crippen molar-refractivity contribution in [3.8, 4) is 0 Å². The zero-order valence-corrected chi connectivity index (χ0v) is 12.8. The first-order chi connectivity index (χ1) is 10.6. The topological polar surface area (TPSA) is 67.2 Å². The van der Waals surface area contributed by atoms with Crippen LogP contribution in [0.2, 0.25) is 0 Å². The Kier molecular flexibility index (Phi) is 4.00. The van der Waals surface area contributed by atoms with E-state index in [2.05, 4.69) is 28.8 Å². The maximum Gasteiger partial charge on any atom is 0.319 e. The van der Waals surface area contributed by atoms with Gasteiger partial charge in [0.1, 0.15) is 0 Å².